The number of benzene rings is 1. The first-order chi connectivity index (χ1) is 8.59. The normalized spacial score (nSPS) is 14.8. The quantitative estimate of drug-likeness (QED) is 0.832. The first-order valence-electron chi connectivity index (χ1n) is 6.05. The molecule has 4 nitrogen and oxygen atoms in total. The molecule has 0 radical (unpaired) electrons. The van der Waals surface area contributed by atoms with Gasteiger partial charge in [-0.25, -0.2) is 4.39 Å². The van der Waals surface area contributed by atoms with Crippen molar-refractivity contribution in [1.82, 2.24) is 10.2 Å². The van der Waals surface area contributed by atoms with Crippen molar-refractivity contribution in [3.8, 4) is 5.75 Å². The van der Waals surface area contributed by atoms with Crippen molar-refractivity contribution in [3.05, 3.63) is 29.6 Å². The van der Waals surface area contributed by atoms with E-state index in [9.17, 15) is 14.3 Å². The number of phenols is 1. The minimum Gasteiger partial charge on any atom is -0.507 e. The third kappa shape index (κ3) is 2.98. The maximum absolute atomic E-state index is 13.4. The fourth-order valence-electron chi connectivity index (χ4n) is 1.87. The number of aromatic hydroxyl groups is 1. The second-order valence-electron chi connectivity index (χ2n) is 4.60. The number of nitrogens with zero attached hydrogens (tertiary/aromatic N) is 1. The zero-order chi connectivity index (χ0) is 13.1. The Bertz CT molecular complexity index is 426. The van der Waals surface area contributed by atoms with Crippen LogP contribution in [-0.2, 0) is 0 Å². The van der Waals surface area contributed by atoms with Crippen LogP contribution in [0.5, 0.6) is 5.75 Å². The lowest BCUT2D eigenvalue weighted by atomic mass is 10.1. The highest BCUT2D eigenvalue weighted by Crippen LogP contribution is 2.24. The zero-order valence-corrected chi connectivity index (χ0v) is 10.3. The number of carbonyl (C=O) groups excluding carboxylic acids is 1. The summed E-state index contributed by atoms with van der Waals surface area (Å²) in [5, 5.41) is 12.1. The average Bonchev–Trinajstić information content (AvgIpc) is 3.12. The van der Waals surface area contributed by atoms with E-state index in [1.165, 1.54) is 25.0 Å². The van der Waals surface area contributed by atoms with Gasteiger partial charge in [-0.05, 0) is 32.0 Å². The monoisotopic (exact) mass is 252 g/mol. The smallest absolute Gasteiger partial charge is 0.258 e. The molecule has 1 aromatic carbocycles. The van der Waals surface area contributed by atoms with E-state index in [1.807, 2.05) is 7.05 Å². The molecule has 1 aromatic rings. The average molecular weight is 252 g/mol. The Hall–Kier alpha value is -1.62. The lowest BCUT2D eigenvalue weighted by Gasteiger charge is -2.15. The third-order valence-electron chi connectivity index (χ3n) is 3.14. The molecule has 2 rings (SSSR count). The molecule has 0 aromatic heterocycles. The van der Waals surface area contributed by atoms with Crippen LogP contribution in [0.25, 0.3) is 0 Å². The predicted molar refractivity (Wildman–Crippen MR) is 66.1 cm³/mol. The van der Waals surface area contributed by atoms with Crippen LogP contribution in [0.4, 0.5) is 4.39 Å². The minimum absolute atomic E-state index is 0.286. The molecular formula is C13H17FN2O2. The van der Waals surface area contributed by atoms with Gasteiger partial charge in [0.05, 0.1) is 0 Å². The van der Waals surface area contributed by atoms with Crippen molar-refractivity contribution >= 4 is 5.91 Å². The fourth-order valence-corrected chi connectivity index (χ4v) is 1.87. The maximum Gasteiger partial charge on any atom is 0.258 e. The molecule has 0 bridgehead atoms. The van der Waals surface area contributed by atoms with E-state index in [4.69, 9.17) is 0 Å². The number of carbonyl (C=O) groups is 1. The van der Waals surface area contributed by atoms with Crippen molar-refractivity contribution in [3.63, 3.8) is 0 Å². The summed E-state index contributed by atoms with van der Waals surface area (Å²) in [6, 6.07) is 4.45. The zero-order valence-electron chi connectivity index (χ0n) is 10.3. The van der Waals surface area contributed by atoms with Gasteiger partial charge in [0.2, 0.25) is 0 Å². The lowest BCUT2D eigenvalue weighted by molar-refractivity contribution is 0.0942. The molecule has 0 unspecified atom stereocenters. The molecule has 0 aliphatic heterocycles. The predicted octanol–water partition coefficient (Wildman–Crippen LogP) is 1.36. The summed E-state index contributed by atoms with van der Waals surface area (Å²) in [4.78, 5) is 13.9. The summed E-state index contributed by atoms with van der Waals surface area (Å²) >= 11 is 0. The number of amides is 1. The molecule has 18 heavy (non-hydrogen) atoms. The number of phenolic OH excluding ortho intramolecular Hbond substituents is 1. The number of nitrogens with one attached hydrogen (secondary N) is 1. The van der Waals surface area contributed by atoms with Gasteiger partial charge in [0.1, 0.15) is 17.1 Å². The summed E-state index contributed by atoms with van der Waals surface area (Å²) < 4.78 is 13.4. The first-order valence-corrected chi connectivity index (χ1v) is 6.05. The van der Waals surface area contributed by atoms with Crippen LogP contribution in [0.3, 0.4) is 0 Å². The van der Waals surface area contributed by atoms with E-state index in [1.54, 1.807) is 0 Å². The summed E-state index contributed by atoms with van der Waals surface area (Å²) in [7, 11) is 2.00. The Morgan fingerprint density at radius 3 is 2.89 bits per heavy atom. The van der Waals surface area contributed by atoms with E-state index in [0.717, 1.165) is 12.6 Å². The molecule has 1 aliphatic rings. The highest BCUT2D eigenvalue weighted by Gasteiger charge is 2.25. The van der Waals surface area contributed by atoms with Crippen molar-refractivity contribution in [1.29, 1.82) is 0 Å². The molecule has 1 amide bonds. The Morgan fingerprint density at radius 1 is 1.56 bits per heavy atom. The number of hydrogen-bond acceptors (Lipinski definition) is 3. The molecule has 0 heterocycles. The van der Waals surface area contributed by atoms with Gasteiger partial charge in [0.25, 0.3) is 5.91 Å². The van der Waals surface area contributed by atoms with Gasteiger partial charge in [0.15, 0.2) is 0 Å². The topological polar surface area (TPSA) is 52.6 Å². The van der Waals surface area contributed by atoms with Crippen LogP contribution in [0, 0.1) is 5.82 Å². The molecule has 1 fully saturated rings. The van der Waals surface area contributed by atoms with Crippen LogP contribution < -0.4 is 5.32 Å². The van der Waals surface area contributed by atoms with Crippen molar-refractivity contribution < 1.29 is 14.3 Å². The van der Waals surface area contributed by atoms with Crippen LogP contribution in [0.2, 0.25) is 0 Å². The van der Waals surface area contributed by atoms with E-state index in [0.29, 0.717) is 12.6 Å². The summed E-state index contributed by atoms with van der Waals surface area (Å²) in [6.45, 7) is 1.17. The molecule has 98 valence electrons. The first kappa shape index (κ1) is 12.8. The summed E-state index contributed by atoms with van der Waals surface area (Å²) in [5.41, 5.74) is -0.286. The van der Waals surface area contributed by atoms with Gasteiger partial charge in [-0.2, -0.15) is 0 Å². The van der Waals surface area contributed by atoms with Gasteiger partial charge in [-0.1, -0.05) is 6.07 Å². The largest absolute Gasteiger partial charge is 0.507 e. The summed E-state index contributed by atoms with van der Waals surface area (Å²) in [5.74, 6) is -1.61. The highest BCUT2D eigenvalue weighted by molar-refractivity contribution is 5.97. The third-order valence-corrected chi connectivity index (χ3v) is 3.14. The molecule has 1 saturated carbocycles. The molecule has 0 atom stereocenters. The standard InChI is InChI=1S/C13H17FN2O2/c1-16(9-5-6-9)8-7-15-13(18)12-10(14)3-2-4-11(12)17/h2-4,9,17H,5-8H2,1H3,(H,15,18). The van der Waals surface area contributed by atoms with Gasteiger partial charge < -0.3 is 15.3 Å². The number of halogens is 1. The summed E-state index contributed by atoms with van der Waals surface area (Å²) in [6.07, 6.45) is 2.41. The van der Waals surface area contributed by atoms with Crippen molar-refractivity contribution in [2.75, 3.05) is 20.1 Å². The second kappa shape index (κ2) is 5.35. The Kier molecular flexibility index (Phi) is 3.81. The molecule has 0 saturated heterocycles. The van der Waals surface area contributed by atoms with E-state index < -0.39 is 11.7 Å². The van der Waals surface area contributed by atoms with Crippen LogP contribution in [-0.4, -0.2) is 42.1 Å². The Labute approximate surface area is 105 Å². The number of likely N-dealkylation sites (N-methyl/N-ethyl adjacent to an activating group) is 1. The molecule has 1 aliphatic carbocycles. The van der Waals surface area contributed by atoms with Crippen LogP contribution >= 0.6 is 0 Å². The number of hydrogen-bond donors (Lipinski definition) is 2. The van der Waals surface area contributed by atoms with Gasteiger partial charge in [-0.15, -0.1) is 0 Å². The van der Waals surface area contributed by atoms with Gasteiger partial charge in [0, 0.05) is 19.1 Å². The highest BCUT2D eigenvalue weighted by atomic mass is 19.1. The van der Waals surface area contributed by atoms with Gasteiger partial charge in [-0.3, -0.25) is 4.79 Å². The van der Waals surface area contributed by atoms with Gasteiger partial charge >= 0.3 is 0 Å². The molecule has 0 spiro atoms. The molecule has 5 heteroatoms. The lowest BCUT2D eigenvalue weighted by Crippen LogP contribution is -2.34. The SMILES string of the molecule is CN(CCNC(=O)c1c(O)cccc1F)C1CC1. The Balaban J connectivity index is 1.87. The molecule has 2 N–H and O–H groups in total. The second-order valence-corrected chi connectivity index (χ2v) is 4.60. The van der Waals surface area contributed by atoms with E-state index in [-0.39, 0.29) is 11.3 Å². The number of rotatable bonds is 5. The van der Waals surface area contributed by atoms with E-state index >= 15 is 0 Å². The molecular weight excluding hydrogens is 235 g/mol. The van der Waals surface area contributed by atoms with Crippen molar-refractivity contribution in [2.24, 2.45) is 0 Å². The van der Waals surface area contributed by atoms with Crippen LogP contribution in [0.15, 0.2) is 18.2 Å². The Morgan fingerprint density at radius 2 is 2.28 bits per heavy atom. The minimum atomic E-state index is -0.706. The van der Waals surface area contributed by atoms with Crippen LogP contribution in [0.1, 0.15) is 23.2 Å². The fraction of sp³-hybridized carbons (Fsp3) is 0.462. The maximum atomic E-state index is 13.4. The van der Waals surface area contributed by atoms with E-state index in [2.05, 4.69) is 10.2 Å². The van der Waals surface area contributed by atoms with Crippen molar-refractivity contribution in [2.45, 2.75) is 18.9 Å².